The molecule has 0 bridgehead atoms. The third kappa shape index (κ3) is 51.6. The summed E-state index contributed by atoms with van der Waals surface area (Å²) in [4.78, 5) is 25.3. The average Bonchev–Trinajstić information content (AvgIpc) is 3.29. The molecule has 0 aliphatic heterocycles. The van der Waals surface area contributed by atoms with E-state index in [2.05, 4.69) is 79.9 Å². The van der Waals surface area contributed by atoms with Crippen LogP contribution in [0, 0.1) is 0 Å². The number of aliphatic hydroxyl groups excluding tert-OH is 1. The largest absolute Gasteiger partial charge is 0.756 e. The summed E-state index contributed by atoms with van der Waals surface area (Å²) in [6.45, 7) is 4.48. The Bertz CT molecular complexity index is 1320. The molecule has 3 atom stereocenters. The zero-order valence-electron chi connectivity index (χ0n) is 44.3. The van der Waals surface area contributed by atoms with Crippen LogP contribution in [0.25, 0.3) is 0 Å². The highest BCUT2D eigenvalue weighted by molar-refractivity contribution is 7.45. The van der Waals surface area contributed by atoms with E-state index < -0.39 is 26.6 Å². The Morgan fingerprint density at radius 1 is 0.537 bits per heavy atom. The van der Waals surface area contributed by atoms with Crippen molar-refractivity contribution in [3.63, 3.8) is 0 Å². The zero-order chi connectivity index (χ0) is 49.2. The van der Waals surface area contributed by atoms with Crippen molar-refractivity contribution in [2.45, 2.75) is 251 Å². The van der Waals surface area contributed by atoms with Gasteiger partial charge in [0.05, 0.1) is 39.9 Å². The Morgan fingerprint density at radius 3 is 1.37 bits per heavy atom. The first-order valence-corrected chi connectivity index (χ1v) is 29.3. The van der Waals surface area contributed by atoms with Crippen LogP contribution in [0.1, 0.15) is 239 Å². The summed E-state index contributed by atoms with van der Waals surface area (Å²) in [5, 5.41) is 13.7. The molecule has 1 amide bonds. The molecule has 0 rings (SSSR count). The molecule has 0 radical (unpaired) electrons. The van der Waals surface area contributed by atoms with Gasteiger partial charge in [-0.25, -0.2) is 0 Å². The van der Waals surface area contributed by atoms with Crippen molar-refractivity contribution in [1.29, 1.82) is 0 Å². The Labute approximate surface area is 414 Å². The molecule has 0 spiro atoms. The summed E-state index contributed by atoms with van der Waals surface area (Å²) in [5.41, 5.74) is 0. The molecular formula is C58H107N2O6P. The van der Waals surface area contributed by atoms with E-state index in [0.717, 1.165) is 64.2 Å². The van der Waals surface area contributed by atoms with Gasteiger partial charge in [0, 0.05) is 6.42 Å². The van der Waals surface area contributed by atoms with Crippen molar-refractivity contribution in [2.75, 3.05) is 40.9 Å². The van der Waals surface area contributed by atoms with Crippen molar-refractivity contribution < 1.29 is 32.9 Å². The maximum absolute atomic E-state index is 12.9. The maximum atomic E-state index is 12.9. The smallest absolute Gasteiger partial charge is 0.268 e. The van der Waals surface area contributed by atoms with Crippen molar-refractivity contribution in [3.05, 3.63) is 72.9 Å². The van der Waals surface area contributed by atoms with Gasteiger partial charge in [0.15, 0.2) is 0 Å². The molecule has 0 saturated heterocycles. The maximum Gasteiger partial charge on any atom is 0.268 e. The molecule has 0 aliphatic carbocycles. The molecule has 0 aromatic rings. The highest BCUT2D eigenvalue weighted by atomic mass is 31.2. The van der Waals surface area contributed by atoms with Gasteiger partial charge in [-0.15, -0.1) is 0 Å². The van der Waals surface area contributed by atoms with Gasteiger partial charge in [0.1, 0.15) is 13.2 Å². The molecule has 390 valence electrons. The monoisotopic (exact) mass is 959 g/mol. The lowest BCUT2D eigenvalue weighted by Gasteiger charge is -2.29. The van der Waals surface area contributed by atoms with Gasteiger partial charge in [-0.1, -0.05) is 228 Å². The third-order valence-electron chi connectivity index (χ3n) is 12.1. The average molecular weight is 959 g/mol. The molecule has 0 aromatic carbocycles. The van der Waals surface area contributed by atoms with Gasteiger partial charge in [0.25, 0.3) is 7.82 Å². The van der Waals surface area contributed by atoms with E-state index in [0.29, 0.717) is 17.4 Å². The summed E-state index contributed by atoms with van der Waals surface area (Å²) < 4.78 is 23.2. The highest BCUT2D eigenvalue weighted by Gasteiger charge is 2.23. The Kier molecular flexibility index (Phi) is 47.4. The predicted molar refractivity (Wildman–Crippen MR) is 288 cm³/mol. The number of phosphoric acid groups is 1. The number of nitrogens with one attached hydrogen (secondary N) is 1. The highest BCUT2D eigenvalue weighted by Crippen LogP contribution is 2.38. The summed E-state index contributed by atoms with van der Waals surface area (Å²) in [6, 6.07) is -0.909. The number of amides is 1. The lowest BCUT2D eigenvalue weighted by Crippen LogP contribution is -2.45. The number of hydrogen-bond acceptors (Lipinski definition) is 6. The number of rotatable bonds is 50. The van der Waals surface area contributed by atoms with Gasteiger partial charge in [0.2, 0.25) is 5.91 Å². The SMILES string of the molecule is CC/C=C/CC/C=C/CC/C=C/C(O)C(COP(=O)([O-])OCC[N+](C)(C)C)NC(=O)CCCCCCCCCCCCCCCCCCCCCC/C=C\C/C=C\C/C=C\CCCCCCC. The zero-order valence-corrected chi connectivity index (χ0v) is 45.2. The van der Waals surface area contributed by atoms with Gasteiger partial charge in [-0.05, 0) is 77.0 Å². The number of carbonyl (C=O) groups excluding carboxylic acids is 1. The fraction of sp³-hybridized carbons (Fsp3) is 0.776. The van der Waals surface area contributed by atoms with Crippen LogP contribution < -0.4 is 10.2 Å². The number of unbranched alkanes of at least 4 members (excludes halogenated alkanes) is 27. The topological polar surface area (TPSA) is 108 Å². The first kappa shape index (κ1) is 64.9. The van der Waals surface area contributed by atoms with E-state index in [1.165, 1.54) is 154 Å². The molecule has 0 fully saturated rings. The second-order valence-electron chi connectivity index (χ2n) is 19.9. The van der Waals surface area contributed by atoms with Crippen molar-refractivity contribution >= 4 is 13.7 Å². The fourth-order valence-electron chi connectivity index (χ4n) is 7.79. The minimum Gasteiger partial charge on any atom is -0.756 e. The molecule has 0 saturated carbocycles. The van der Waals surface area contributed by atoms with Crippen LogP contribution in [0.4, 0.5) is 0 Å². The first-order valence-electron chi connectivity index (χ1n) is 27.8. The summed E-state index contributed by atoms with van der Waals surface area (Å²) in [7, 11) is 1.23. The minimum absolute atomic E-state index is 0.0106. The number of likely N-dealkylation sites (N-methyl/N-ethyl adjacent to an activating group) is 1. The lowest BCUT2D eigenvalue weighted by atomic mass is 10.0. The van der Waals surface area contributed by atoms with E-state index in [4.69, 9.17) is 9.05 Å². The molecule has 9 heteroatoms. The molecule has 67 heavy (non-hydrogen) atoms. The molecular weight excluding hydrogens is 852 g/mol. The number of phosphoric ester groups is 1. The molecule has 0 aromatic heterocycles. The standard InChI is InChI=1S/C58H107N2O6P/c1-6-8-10-12-14-16-18-19-20-21-22-23-24-25-26-27-28-29-30-31-32-33-34-35-36-37-38-39-40-41-42-44-46-48-50-52-58(62)59-56(55-66-67(63,64)65-54-53-60(3,4)5)57(61)51-49-47-45-43-17-15-13-11-9-7-2/h9,11,17-19,21-22,24-25,43,49,51,56-57,61H,6-8,10,12-16,20,23,26-42,44-48,50,52-55H2,1-5H3,(H-,59,62,63,64)/b11-9+,19-18-,22-21-,25-24-,43-17+,51-49+. The van der Waals surface area contributed by atoms with Gasteiger partial charge in [-0.2, -0.15) is 0 Å². The normalized spacial score (nSPS) is 14.6. The second kappa shape index (κ2) is 48.9. The van der Waals surface area contributed by atoms with E-state index in [-0.39, 0.29) is 12.5 Å². The molecule has 2 N–H and O–H groups in total. The van der Waals surface area contributed by atoms with Crippen molar-refractivity contribution in [2.24, 2.45) is 0 Å². The number of quaternary nitrogens is 1. The number of allylic oxidation sites excluding steroid dienone is 11. The third-order valence-corrected chi connectivity index (χ3v) is 13.1. The van der Waals surface area contributed by atoms with Crippen LogP contribution in [-0.4, -0.2) is 68.5 Å². The summed E-state index contributed by atoms with van der Waals surface area (Å²) >= 11 is 0. The Morgan fingerprint density at radius 2 is 0.925 bits per heavy atom. The molecule has 8 nitrogen and oxygen atoms in total. The predicted octanol–water partition coefficient (Wildman–Crippen LogP) is 16.1. The van der Waals surface area contributed by atoms with Crippen LogP contribution in [0.5, 0.6) is 0 Å². The van der Waals surface area contributed by atoms with Crippen LogP contribution in [0.15, 0.2) is 72.9 Å². The Balaban J connectivity index is 3.94. The lowest BCUT2D eigenvalue weighted by molar-refractivity contribution is -0.870. The quantitative estimate of drug-likeness (QED) is 0.0272. The van der Waals surface area contributed by atoms with Gasteiger partial charge < -0.3 is 28.8 Å². The van der Waals surface area contributed by atoms with E-state index in [1.807, 2.05) is 27.2 Å². The summed E-state index contributed by atoms with van der Waals surface area (Å²) in [6.07, 6.45) is 67.3. The number of nitrogens with zero attached hydrogens (tertiary/aromatic N) is 1. The number of carbonyl (C=O) groups is 1. The van der Waals surface area contributed by atoms with Crippen molar-refractivity contribution in [3.8, 4) is 0 Å². The molecule has 3 unspecified atom stereocenters. The van der Waals surface area contributed by atoms with Crippen LogP contribution in [-0.2, 0) is 18.4 Å². The van der Waals surface area contributed by atoms with E-state index in [1.54, 1.807) is 6.08 Å². The second-order valence-corrected chi connectivity index (χ2v) is 21.3. The fourth-order valence-corrected chi connectivity index (χ4v) is 8.51. The van der Waals surface area contributed by atoms with Crippen LogP contribution >= 0.6 is 7.82 Å². The minimum atomic E-state index is -4.60. The van der Waals surface area contributed by atoms with Crippen LogP contribution in [0.2, 0.25) is 0 Å². The molecule has 0 heterocycles. The first-order chi connectivity index (χ1) is 32.5. The Hall–Kier alpha value is -2.06. The number of aliphatic hydroxyl groups is 1. The van der Waals surface area contributed by atoms with E-state index in [9.17, 15) is 19.4 Å². The van der Waals surface area contributed by atoms with E-state index >= 15 is 0 Å². The van der Waals surface area contributed by atoms with Gasteiger partial charge in [-0.3, -0.25) is 9.36 Å². The molecule has 0 aliphatic rings. The van der Waals surface area contributed by atoms with Crippen LogP contribution in [0.3, 0.4) is 0 Å². The van der Waals surface area contributed by atoms with Crippen molar-refractivity contribution in [1.82, 2.24) is 5.32 Å². The summed E-state index contributed by atoms with van der Waals surface area (Å²) in [5.74, 6) is -0.213. The van der Waals surface area contributed by atoms with Gasteiger partial charge >= 0.3 is 0 Å². The number of hydrogen-bond donors (Lipinski definition) is 2.